The zero-order valence-electron chi connectivity index (χ0n) is 10.4. The molecule has 1 aromatic heterocycles. The van der Waals surface area contributed by atoms with Crippen molar-refractivity contribution in [2.45, 2.75) is 6.92 Å². The molecule has 2 heterocycles. The second-order valence-electron chi connectivity index (χ2n) is 4.44. The summed E-state index contributed by atoms with van der Waals surface area (Å²) in [7, 11) is 0. The highest BCUT2D eigenvalue weighted by molar-refractivity contribution is 7.15. The van der Waals surface area contributed by atoms with E-state index >= 15 is 0 Å². The fraction of sp³-hybridized carbons (Fsp3) is 0.0714. The number of thiophene rings is 1. The number of rotatable bonds is 2. The molecule has 0 radical (unpaired) electrons. The number of hydrogen-bond acceptors (Lipinski definition) is 4. The van der Waals surface area contributed by atoms with Crippen LogP contribution in [0.3, 0.4) is 0 Å². The van der Waals surface area contributed by atoms with E-state index in [1.165, 1.54) is 6.07 Å². The molecule has 0 saturated heterocycles. The average Bonchev–Trinajstić information content (AvgIpc) is 2.95. The molecule has 0 atom stereocenters. The van der Waals surface area contributed by atoms with Gasteiger partial charge in [-0.3, -0.25) is 9.59 Å². The molecule has 0 unspecified atom stereocenters. The number of imide groups is 1. The molecular weight excluding hydrogens is 278 g/mol. The molecule has 3 rings (SSSR count). The average molecular weight is 287 g/mol. The molecule has 5 nitrogen and oxygen atoms in total. The van der Waals surface area contributed by atoms with Crippen molar-refractivity contribution in [1.29, 1.82) is 0 Å². The van der Waals surface area contributed by atoms with Crippen molar-refractivity contribution in [2.24, 2.45) is 0 Å². The normalized spacial score (nSPS) is 13.8. The summed E-state index contributed by atoms with van der Waals surface area (Å²) in [4.78, 5) is 36.7. The van der Waals surface area contributed by atoms with Gasteiger partial charge in [-0.25, -0.2) is 9.69 Å². The van der Waals surface area contributed by atoms with Crippen LogP contribution in [0.15, 0.2) is 29.6 Å². The molecule has 0 bridgehead atoms. The number of aryl methyl sites for hydroxylation is 1. The van der Waals surface area contributed by atoms with E-state index in [1.54, 1.807) is 23.6 Å². The Kier molecular flexibility index (Phi) is 2.69. The van der Waals surface area contributed by atoms with Gasteiger partial charge in [-0.15, -0.1) is 11.3 Å². The van der Waals surface area contributed by atoms with Crippen LogP contribution in [-0.2, 0) is 0 Å². The minimum absolute atomic E-state index is 0.0405. The van der Waals surface area contributed by atoms with E-state index in [0.29, 0.717) is 11.1 Å². The van der Waals surface area contributed by atoms with E-state index in [-0.39, 0.29) is 10.6 Å². The maximum Gasteiger partial charge on any atom is 0.338 e. The third-order valence-corrected chi connectivity index (χ3v) is 4.02. The highest BCUT2D eigenvalue weighted by atomic mass is 32.1. The van der Waals surface area contributed by atoms with Gasteiger partial charge in [0, 0.05) is 0 Å². The van der Waals surface area contributed by atoms with Gasteiger partial charge in [-0.1, -0.05) is 11.6 Å². The topological polar surface area (TPSA) is 74.7 Å². The Morgan fingerprint density at radius 2 is 1.85 bits per heavy atom. The molecular formula is C14H9NO4S. The molecule has 100 valence electrons. The minimum atomic E-state index is -1.16. The SMILES string of the molecule is Cc1ccc2c(c1)C(=O)N(c1sccc1C(=O)O)C2=O. The summed E-state index contributed by atoms with van der Waals surface area (Å²) in [6, 6.07) is 6.37. The van der Waals surface area contributed by atoms with Crippen molar-refractivity contribution in [1.82, 2.24) is 0 Å². The van der Waals surface area contributed by atoms with Gasteiger partial charge in [0.15, 0.2) is 0 Å². The van der Waals surface area contributed by atoms with Crippen LogP contribution in [-0.4, -0.2) is 22.9 Å². The third kappa shape index (κ3) is 1.65. The Labute approximate surface area is 118 Å². The van der Waals surface area contributed by atoms with Crippen LogP contribution in [0.2, 0.25) is 0 Å². The van der Waals surface area contributed by atoms with Crippen LogP contribution in [0.5, 0.6) is 0 Å². The van der Waals surface area contributed by atoms with Gasteiger partial charge in [0.25, 0.3) is 11.8 Å². The number of benzene rings is 1. The molecule has 2 amide bonds. The van der Waals surface area contributed by atoms with Gasteiger partial charge < -0.3 is 5.11 Å². The summed E-state index contributed by atoms with van der Waals surface area (Å²) in [5, 5.41) is 10.8. The van der Waals surface area contributed by atoms with E-state index in [4.69, 9.17) is 5.11 Å². The van der Waals surface area contributed by atoms with Crippen molar-refractivity contribution < 1.29 is 19.5 Å². The lowest BCUT2D eigenvalue weighted by Gasteiger charge is -2.12. The Hall–Kier alpha value is -2.47. The molecule has 0 fully saturated rings. The lowest BCUT2D eigenvalue weighted by molar-refractivity contribution is 0.0698. The lowest BCUT2D eigenvalue weighted by atomic mass is 10.1. The predicted molar refractivity (Wildman–Crippen MR) is 73.6 cm³/mol. The monoisotopic (exact) mass is 287 g/mol. The molecule has 6 heteroatoms. The lowest BCUT2D eigenvalue weighted by Crippen LogP contribution is -2.29. The first kappa shape index (κ1) is 12.6. The van der Waals surface area contributed by atoms with E-state index < -0.39 is 17.8 Å². The molecule has 2 aromatic rings. The van der Waals surface area contributed by atoms with Crippen LogP contribution < -0.4 is 4.90 Å². The maximum absolute atomic E-state index is 12.4. The number of fused-ring (bicyclic) bond motifs is 1. The summed E-state index contributed by atoms with van der Waals surface area (Å²) in [6.07, 6.45) is 0. The Balaban J connectivity index is 2.14. The number of aromatic carboxylic acids is 1. The van der Waals surface area contributed by atoms with Gasteiger partial charge in [-0.05, 0) is 30.5 Å². The van der Waals surface area contributed by atoms with E-state index in [0.717, 1.165) is 21.8 Å². The summed E-state index contributed by atoms with van der Waals surface area (Å²) in [5.74, 6) is -2.11. The maximum atomic E-state index is 12.4. The fourth-order valence-electron chi connectivity index (χ4n) is 2.18. The number of amides is 2. The summed E-state index contributed by atoms with van der Waals surface area (Å²) < 4.78 is 0. The quantitative estimate of drug-likeness (QED) is 0.861. The van der Waals surface area contributed by atoms with Crippen molar-refractivity contribution in [3.63, 3.8) is 0 Å². The molecule has 1 aliphatic heterocycles. The Morgan fingerprint density at radius 3 is 2.55 bits per heavy atom. The minimum Gasteiger partial charge on any atom is -0.478 e. The van der Waals surface area contributed by atoms with Crippen molar-refractivity contribution >= 4 is 34.1 Å². The van der Waals surface area contributed by atoms with Crippen LogP contribution in [0.4, 0.5) is 5.00 Å². The van der Waals surface area contributed by atoms with E-state index in [9.17, 15) is 14.4 Å². The molecule has 1 aliphatic rings. The number of carboxylic acid groups (broad SMARTS) is 1. The van der Waals surface area contributed by atoms with Crippen LogP contribution in [0, 0.1) is 6.92 Å². The van der Waals surface area contributed by atoms with Gasteiger partial charge >= 0.3 is 5.97 Å². The number of anilines is 1. The van der Waals surface area contributed by atoms with E-state index in [1.807, 2.05) is 6.92 Å². The molecule has 1 N–H and O–H groups in total. The van der Waals surface area contributed by atoms with Crippen molar-refractivity contribution in [2.75, 3.05) is 4.90 Å². The predicted octanol–water partition coefficient (Wildman–Crippen LogP) is 2.56. The smallest absolute Gasteiger partial charge is 0.338 e. The van der Waals surface area contributed by atoms with Crippen LogP contribution >= 0.6 is 11.3 Å². The van der Waals surface area contributed by atoms with Crippen LogP contribution in [0.25, 0.3) is 0 Å². The number of hydrogen-bond donors (Lipinski definition) is 1. The number of carboxylic acids is 1. The number of nitrogens with zero attached hydrogens (tertiary/aromatic N) is 1. The van der Waals surface area contributed by atoms with E-state index in [2.05, 4.69) is 0 Å². The molecule has 0 spiro atoms. The number of carbonyl (C=O) groups is 3. The van der Waals surface area contributed by atoms with Gasteiger partial charge in [0.1, 0.15) is 5.00 Å². The largest absolute Gasteiger partial charge is 0.478 e. The summed E-state index contributed by atoms with van der Waals surface area (Å²) in [6.45, 7) is 1.83. The van der Waals surface area contributed by atoms with Gasteiger partial charge in [0.05, 0.1) is 16.7 Å². The first-order chi connectivity index (χ1) is 9.50. The summed E-state index contributed by atoms with van der Waals surface area (Å²) in [5.41, 5.74) is 1.46. The molecule has 0 saturated carbocycles. The zero-order valence-corrected chi connectivity index (χ0v) is 11.2. The van der Waals surface area contributed by atoms with Crippen LogP contribution in [0.1, 0.15) is 36.6 Å². The molecule has 1 aromatic carbocycles. The second kappa shape index (κ2) is 4.28. The Bertz CT molecular complexity index is 762. The zero-order chi connectivity index (χ0) is 14.4. The van der Waals surface area contributed by atoms with Crippen molar-refractivity contribution in [3.8, 4) is 0 Å². The highest BCUT2D eigenvalue weighted by Gasteiger charge is 2.39. The Morgan fingerprint density at radius 1 is 1.15 bits per heavy atom. The summed E-state index contributed by atoms with van der Waals surface area (Å²) >= 11 is 1.06. The first-order valence-electron chi connectivity index (χ1n) is 5.81. The van der Waals surface area contributed by atoms with Gasteiger partial charge in [0.2, 0.25) is 0 Å². The molecule has 0 aliphatic carbocycles. The fourth-order valence-corrected chi connectivity index (χ4v) is 3.06. The first-order valence-corrected chi connectivity index (χ1v) is 6.69. The molecule has 20 heavy (non-hydrogen) atoms. The number of carbonyl (C=O) groups excluding carboxylic acids is 2. The van der Waals surface area contributed by atoms with Crippen molar-refractivity contribution in [3.05, 3.63) is 51.9 Å². The highest BCUT2D eigenvalue weighted by Crippen LogP contribution is 2.35. The van der Waals surface area contributed by atoms with Gasteiger partial charge in [-0.2, -0.15) is 0 Å². The third-order valence-electron chi connectivity index (χ3n) is 3.12. The second-order valence-corrected chi connectivity index (χ2v) is 5.33. The standard InChI is InChI=1S/C14H9NO4S/c1-7-2-3-8-10(6-7)12(17)15(11(8)16)13-9(14(18)19)4-5-20-13/h2-6H,1H3,(H,18,19).